The highest BCUT2D eigenvalue weighted by molar-refractivity contribution is 5.50. The minimum absolute atomic E-state index is 0.307. The number of nitrogens with zero attached hydrogens (tertiary/aromatic N) is 3. The quantitative estimate of drug-likeness (QED) is 0.272. The highest BCUT2D eigenvalue weighted by Crippen LogP contribution is 2.56. The van der Waals surface area contributed by atoms with E-state index < -0.39 is 119 Å². The standard InChI is InChI=1S/C24H13F20N3O2/c1-2-49-14(6-13(48)8-3-10(19(27,28)29)9(7-45)11(4-8)20(30,31)32)12-5-15(17(25,21(33,34)35)22(36,37)38)47-16(46-12)18(26,23(39,40)41)24(42,43)44/h3-5,13-14,48H,2,6H2,1H3. The third kappa shape index (κ3) is 7.73. The molecule has 1 aromatic heterocycles. The van der Waals surface area contributed by atoms with Crippen LogP contribution >= 0.6 is 0 Å². The molecule has 2 aromatic rings. The largest absolute Gasteiger partial charge is 0.439 e. The molecule has 0 spiro atoms. The fourth-order valence-corrected chi connectivity index (χ4v) is 4.07. The maximum Gasteiger partial charge on any atom is 0.439 e. The molecule has 0 amide bonds. The van der Waals surface area contributed by atoms with Gasteiger partial charge in [0.05, 0.1) is 28.5 Å². The van der Waals surface area contributed by atoms with Gasteiger partial charge in [-0.1, -0.05) is 0 Å². The van der Waals surface area contributed by atoms with Gasteiger partial charge in [0.1, 0.15) is 17.9 Å². The molecule has 1 aromatic carbocycles. The van der Waals surface area contributed by atoms with Crippen molar-refractivity contribution < 1.29 is 97.7 Å². The molecule has 0 saturated heterocycles. The van der Waals surface area contributed by atoms with Crippen LogP contribution in [-0.2, 0) is 28.4 Å². The van der Waals surface area contributed by atoms with Crippen LogP contribution in [0.25, 0.3) is 0 Å². The molecule has 0 aliphatic carbocycles. The summed E-state index contributed by atoms with van der Waals surface area (Å²) in [6.45, 7) is -0.122. The molecule has 0 aliphatic heterocycles. The SMILES string of the molecule is CCOC(CC(O)c1cc(C(F)(F)F)c(C#N)c(C(F)(F)F)c1)c1cc(C(F)(C(F)(F)F)C(F)(F)F)nc(C(F)(C(F)(F)F)C(F)(F)F)n1. The predicted octanol–water partition coefficient (Wildman–Crippen LogP) is 9.17. The Morgan fingerprint density at radius 2 is 1.08 bits per heavy atom. The van der Waals surface area contributed by atoms with Gasteiger partial charge >= 0.3 is 48.4 Å². The lowest BCUT2D eigenvalue weighted by Crippen LogP contribution is -2.54. The number of halogens is 20. The molecule has 0 aliphatic rings. The Morgan fingerprint density at radius 3 is 1.41 bits per heavy atom. The van der Waals surface area contributed by atoms with Crippen LogP contribution in [-0.4, -0.2) is 46.4 Å². The summed E-state index contributed by atoms with van der Waals surface area (Å²) >= 11 is 0. The summed E-state index contributed by atoms with van der Waals surface area (Å²) in [6, 6.07) is -0.908. The Morgan fingerprint density at radius 1 is 0.673 bits per heavy atom. The topological polar surface area (TPSA) is 79.0 Å². The van der Waals surface area contributed by atoms with Gasteiger partial charge in [0.2, 0.25) is 0 Å². The third-order valence-electron chi connectivity index (χ3n) is 6.37. The molecule has 5 nitrogen and oxygen atoms in total. The Labute approximate surface area is 258 Å². The van der Waals surface area contributed by atoms with Crippen LogP contribution in [0.4, 0.5) is 87.8 Å². The number of nitriles is 1. The molecule has 276 valence electrons. The zero-order valence-corrected chi connectivity index (χ0v) is 23.1. The summed E-state index contributed by atoms with van der Waals surface area (Å²) < 4.78 is 277. The molecule has 25 heteroatoms. The predicted molar refractivity (Wildman–Crippen MR) is 117 cm³/mol. The van der Waals surface area contributed by atoms with E-state index in [1.165, 1.54) is 0 Å². The van der Waals surface area contributed by atoms with Crippen LogP contribution in [0, 0.1) is 11.3 Å². The van der Waals surface area contributed by atoms with E-state index in [0.29, 0.717) is 6.07 Å². The summed E-state index contributed by atoms with van der Waals surface area (Å²) in [7, 11) is 0. The summed E-state index contributed by atoms with van der Waals surface area (Å²) in [5.74, 6) is -3.63. The molecule has 0 fully saturated rings. The van der Waals surface area contributed by atoms with Crippen LogP contribution in [0.2, 0.25) is 0 Å². The molecule has 0 saturated carbocycles. The molecule has 1 heterocycles. The molecular weight excluding hydrogens is 742 g/mol. The summed E-state index contributed by atoms with van der Waals surface area (Å²) in [5, 5.41) is 19.4. The molecular formula is C24H13F20N3O2. The molecule has 1 N–H and O–H groups in total. The van der Waals surface area contributed by atoms with Gasteiger partial charge in [0.25, 0.3) is 0 Å². The van der Waals surface area contributed by atoms with Gasteiger partial charge in [-0.15, -0.1) is 0 Å². The van der Waals surface area contributed by atoms with Gasteiger partial charge in [-0.05, 0) is 30.7 Å². The maximum absolute atomic E-state index is 14.9. The van der Waals surface area contributed by atoms with Gasteiger partial charge in [0, 0.05) is 13.0 Å². The first-order valence-corrected chi connectivity index (χ1v) is 12.3. The number of aliphatic hydroxyl groups excluding tert-OH is 1. The highest BCUT2D eigenvalue weighted by Gasteiger charge is 2.78. The molecule has 0 bridgehead atoms. The molecule has 0 radical (unpaired) electrons. The molecule has 2 rings (SSSR count). The molecule has 49 heavy (non-hydrogen) atoms. The fraction of sp³-hybridized carbons (Fsp3) is 0.542. The number of rotatable bonds is 8. The summed E-state index contributed by atoms with van der Waals surface area (Å²) in [4.78, 5) is 4.04. The Balaban J connectivity index is 3.03. The van der Waals surface area contributed by atoms with Gasteiger partial charge in [-0.3, -0.25) is 0 Å². The highest BCUT2D eigenvalue weighted by atomic mass is 19.4. The van der Waals surface area contributed by atoms with Crippen LogP contribution < -0.4 is 0 Å². The number of hydrogen-bond acceptors (Lipinski definition) is 5. The van der Waals surface area contributed by atoms with E-state index in [0.717, 1.165) is 6.92 Å². The van der Waals surface area contributed by atoms with Crippen LogP contribution in [0.3, 0.4) is 0 Å². The van der Waals surface area contributed by atoms with Crippen LogP contribution in [0.15, 0.2) is 18.2 Å². The summed E-state index contributed by atoms with van der Waals surface area (Å²) in [5.41, 5.74) is -27.9. The number of ether oxygens (including phenoxy) is 1. The second-order valence-electron chi connectivity index (χ2n) is 9.60. The van der Waals surface area contributed by atoms with Gasteiger partial charge in [-0.25, -0.2) is 18.7 Å². The molecule has 2 atom stereocenters. The van der Waals surface area contributed by atoms with Crippen molar-refractivity contribution in [3.8, 4) is 6.07 Å². The van der Waals surface area contributed by atoms with Gasteiger partial charge in [0.15, 0.2) is 5.82 Å². The van der Waals surface area contributed by atoms with Crippen molar-refractivity contribution in [2.75, 3.05) is 6.61 Å². The lowest BCUT2D eigenvalue weighted by atomic mass is 9.92. The van der Waals surface area contributed by atoms with Gasteiger partial charge < -0.3 is 9.84 Å². The second kappa shape index (κ2) is 12.9. The van der Waals surface area contributed by atoms with Crippen molar-refractivity contribution in [3.63, 3.8) is 0 Å². The van der Waals surface area contributed by atoms with Gasteiger partial charge in [-0.2, -0.15) is 84.3 Å². The zero-order chi connectivity index (χ0) is 38.6. The first-order valence-electron chi connectivity index (χ1n) is 12.3. The average Bonchev–Trinajstić information content (AvgIpc) is 2.91. The number of aliphatic hydroxyl groups is 1. The van der Waals surface area contributed by atoms with E-state index in [-0.39, 0.29) is 12.1 Å². The van der Waals surface area contributed by atoms with Crippen molar-refractivity contribution in [1.82, 2.24) is 9.97 Å². The van der Waals surface area contributed by atoms with Crippen molar-refractivity contribution >= 4 is 0 Å². The normalized spacial score (nSPS) is 15.6. The minimum atomic E-state index is -7.35. The maximum atomic E-state index is 14.9. The first-order chi connectivity index (χ1) is 21.7. The molecule has 2 unspecified atom stereocenters. The van der Waals surface area contributed by atoms with E-state index in [2.05, 4.69) is 4.98 Å². The van der Waals surface area contributed by atoms with E-state index in [1.54, 1.807) is 4.98 Å². The van der Waals surface area contributed by atoms with Crippen molar-refractivity contribution in [3.05, 3.63) is 57.7 Å². The zero-order valence-electron chi connectivity index (χ0n) is 23.1. The van der Waals surface area contributed by atoms with Crippen molar-refractivity contribution in [2.24, 2.45) is 0 Å². The third-order valence-corrected chi connectivity index (χ3v) is 6.37. The van der Waals surface area contributed by atoms with E-state index in [9.17, 15) is 92.9 Å². The van der Waals surface area contributed by atoms with E-state index >= 15 is 0 Å². The Kier molecular flexibility index (Phi) is 10.9. The number of aromatic nitrogens is 2. The van der Waals surface area contributed by atoms with Crippen molar-refractivity contribution in [1.29, 1.82) is 5.26 Å². The van der Waals surface area contributed by atoms with E-state index in [4.69, 9.17) is 10.00 Å². The van der Waals surface area contributed by atoms with Crippen LogP contribution in [0.5, 0.6) is 0 Å². The number of alkyl halides is 20. The monoisotopic (exact) mass is 755 g/mol. The Bertz CT molecular complexity index is 1430. The average molecular weight is 755 g/mol. The number of hydrogen-bond donors (Lipinski definition) is 1. The lowest BCUT2D eigenvalue weighted by Gasteiger charge is -2.33. The second-order valence-corrected chi connectivity index (χ2v) is 9.60. The fourth-order valence-electron chi connectivity index (χ4n) is 4.07. The minimum Gasteiger partial charge on any atom is -0.388 e. The first kappa shape index (κ1) is 41.5. The van der Waals surface area contributed by atoms with E-state index in [1.807, 2.05) is 0 Å². The lowest BCUT2D eigenvalue weighted by molar-refractivity contribution is -0.354. The Hall–Kier alpha value is -3.69. The smallest absolute Gasteiger partial charge is 0.388 e. The number of benzene rings is 1. The summed E-state index contributed by atoms with van der Waals surface area (Å²) in [6.07, 6.45) is -48.4. The van der Waals surface area contributed by atoms with Crippen molar-refractivity contribution in [2.45, 2.75) is 73.9 Å². The van der Waals surface area contributed by atoms with Crippen LogP contribution in [0.1, 0.15) is 65.0 Å².